The molecule has 0 fully saturated rings. The molecule has 0 bridgehead atoms. The van der Waals surface area contributed by atoms with Crippen molar-refractivity contribution in [2.45, 2.75) is 36.7 Å². The maximum atomic E-state index is 11.4. The zero-order valence-corrected chi connectivity index (χ0v) is 24.2. The molecule has 15 heteroatoms. The van der Waals surface area contributed by atoms with E-state index in [4.69, 9.17) is 0 Å². The summed E-state index contributed by atoms with van der Waals surface area (Å²) in [5, 5.41) is 8.74. The van der Waals surface area contributed by atoms with Gasteiger partial charge >= 0.3 is 0 Å². The molecule has 0 aliphatic carbocycles. The first-order valence-corrected chi connectivity index (χ1v) is 13.8. The molecule has 2 aromatic heterocycles. The number of aromatic nitrogens is 2. The molecule has 0 aliphatic rings. The van der Waals surface area contributed by atoms with Crippen LogP contribution in [0.5, 0.6) is 0 Å². The van der Waals surface area contributed by atoms with Gasteiger partial charge in [-0.1, -0.05) is 22.7 Å². The summed E-state index contributed by atoms with van der Waals surface area (Å²) in [7, 11) is -8.63. The van der Waals surface area contributed by atoms with E-state index < -0.39 is 20.2 Å². The second-order valence-electron chi connectivity index (χ2n) is 6.67. The predicted octanol–water partition coefficient (Wildman–Crippen LogP) is 2.29. The number of hydrogen-bond donors (Lipinski definition) is 2. The number of thiazole rings is 2. The van der Waals surface area contributed by atoms with E-state index in [-0.39, 0.29) is 61.2 Å². The number of hydrogen-bond acceptors (Lipinski definition) is 8. The molecule has 2 aromatic carbocycles. The molecule has 33 heavy (non-hydrogen) atoms. The summed E-state index contributed by atoms with van der Waals surface area (Å²) >= 11 is 2.47. The molecule has 4 aromatic rings. The minimum absolute atomic E-state index is 0. The summed E-state index contributed by atoms with van der Waals surface area (Å²) in [6.45, 7) is 4.98. The van der Waals surface area contributed by atoms with Crippen LogP contribution in [-0.4, -0.2) is 86.5 Å². The van der Waals surface area contributed by atoms with E-state index in [1.54, 1.807) is 12.1 Å². The monoisotopic (exact) mass is 553 g/mol. The molecule has 0 amide bonds. The Morgan fingerprint density at radius 2 is 1.12 bits per heavy atom. The van der Waals surface area contributed by atoms with Gasteiger partial charge in [0.2, 0.25) is 9.60 Å². The summed E-state index contributed by atoms with van der Waals surface area (Å²) in [5.41, 5.74) is 1.52. The van der Waals surface area contributed by atoms with Gasteiger partial charge in [-0.2, -0.15) is 16.8 Å². The van der Waals surface area contributed by atoms with Gasteiger partial charge in [0.15, 0.2) is 0 Å². The van der Waals surface area contributed by atoms with Gasteiger partial charge in [0.1, 0.15) is 0 Å². The van der Waals surface area contributed by atoms with Gasteiger partial charge in [-0.05, 0) is 50.2 Å². The van der Waals surface area contributed by atoms with Crippen molar-refractivity contribution in [2.75, 3.05) is 0 Å². The molecule has 0 atom stereocenters. The van der Waals surface area contributed by atoms with Crippen molar-refractivity contribution in [1.29, 1.82) is 0 Å². The second-order valence-corrected chi connectivity index (χ2v) is 11.5. The van der Waals surface area contributed by atoms with Crippen LogP contribution in [0.2, 0.25) is 0 Å². The maximum Gasteiger partial charge on any atom is 0.294 e. The van der Waals surface area contributed by atoms with E-state index in [1.807, 2.05) is 23.0 Å². The average molecular weight is 554 g/mol. The third-order valence-corrected chi connectivity index (χ3v) is 8.52. The zero-order valence-electron chi connectivity index (χ0n) is 17.8. The van der Waals surface area contributed by atoms with Crippen LogP contribution in [0.15, 0.2) is 56.4 Å². The van der Waals surface area contributed by atoms with Gasteiger partial charge in [-0.3, -0.25) is 9.11 Å². The molecule has 0 saturated carbocycles. The fourth-order valence-electron chi connectivity index (χ4n) is 3.28. The second kappa shape index (κ2) is 10.1. The molecule has 0 spiro atoms. The van der Waals surface area contributed by atoms with Crippen molar-refractivity contribution >= 4 is 115 Å². The standard InChI is InChI=1S/C18H18N4O6S4.K/c1-3-21-13-7-5-11(31(23,24)25)9-15(13)29-17(21)19-20-18-22(4-2)14-8-6-12(32(26,27)28)10-16(14)30-18;/h5-10H,3-4H2,1-2H3,(H,23,24,25)(H,26,27,28);. The van der Waals surface area contributed by atoms with E-state index in [1.165, 1.54) is 46.9 Å². The summed E-state index contributed by atoms with van der Waals surface area (Å²) in [5.74, 6) is 0. The van der Waals surface area contributed by atoms with Gasteiger partial charge < -0.3 is 9.13 Å². The summed E-state index contributed by atoms with van der Waals surface area (Å²) in [4.78, 5) is 0.685. The normalized spacial score (nSPS) is 13.7. The van der Waals surface area contributed by atoms with Crippen LogP contribution in [0.25, 0.3) is 20.4 Å². The van der Waals surface area contributed by atoms with Gasteiger partial charge in [0.05, 0.1) is 30.2 Å². The Hall–Kier alpha value is -0.724. The van der Waals surface area contributed by atoms with Crippen molar-refractivity contribution in [3.63, 3.8) is 0 Å². The van der Waals surface area contributed by atoms with Crippen LogP contribution in [0.3, 0.4) is 0 Å². The van der Waals surface area contributed by atoms with Crippen LogP contribution in [-0.2, 0) is 33.3 Å². The van der Waals surface area contributed by atoms with Crippen molar-refractivity contribution in [2.24, 2.45) is 10.2 Å². The molecular weight excluding hydrogens is 536 g/mol. The van der Waals surface area contributed by atoms with E-state index >= 15 is 0 Å². The first-order chi connectivity index (χ1) is 15.0. The van der Waals surface area contributed by atoms with Crippen molar-refractivity contribution in [3.05, 3.63) is 46.0 Å². The Morgan fingerprint density at radius 3 is 1.42 bits per heavy atom. The molecule has 0 aliphatic heterocycles. The zero-order chi connectivity index (χ0) is 23.3. The molecule has 171 valence electrons. The molecule has 2 heterocycles. The van der Waals surface area contributed by atoms with E-state index in [9.17, 15) is 25.9 Å². The molecule has 0 saturated heterocycles. The van der Waals surface area contributed by atoms with Gasteiger partial charge in [-0.15, -0.1) is 10.2 Å². The van der Waals surface area contributed by atoms with Crippen LogP contribution in [0, 0.1) is 0 Å². The Labute approximate surface area is 239 Å². The van der Waals surface area contributed by atoms with Crippen molar-refractivity contribution in [3.8, 4) is 0 Å². The summed E-state index contributed by atoms with van der Waals surface area (Å²) < 4.78 is 69.4. The van der Waals surface area contributed by atoms with Gasteiger partial charge in [0.25, 0.3) is 20.2 Å². The van der Waals surface area contributed by atoms with Crippen molar-refractivity contribution < 1.29 is 25.9 Å². The Kier molecular flexibility index (Phi) is 8.23. The fourth-order valence-corrected chi connectivity index (χ4v) is 6.61. The minimum Gasteiger partial charge on any atom is -0.315 e. The first-order valence-electron chi connectivity index (χ1n) is 9.32. The third kappa shape index (κ3) is 5.43. The SMILES string of the molecule is CCn1c(=NN=c2sc3cc(S(=O)(=O)O)ccc3n2CC)sc2cc(S(=O)(=O)O)ccc21.[K]. The van der Waals surface area contributed by atoms with Crippen LogP contribution in [0.1, 0.15) is 13.8 Å². The number of fused-ring (bicyclic) bond motifs is 2. The van der Waals surface area contributed by atoms with E-state index in [0.29, 0.717) is 32.1 Å². The van der Waals surface area contributed by atoms with Gasteiger partial charge in [-0.25, -0.2) is 0 Å². The quantitative estimate of drug-likeness (QED) is 0.221. The summed E-state index contributed by atoms with van der Waals surface area (Å²) in [6.07, 6.45) is 0. The van der Waals surface area contributed by atoms with Crippen LogP contribution in [0.4, 0.5) is 0 Å². The number of rotatable bonds is 5. The number of aryl methyl sites for hydroxylation is 2. The predicted molar refractivity (Wildman–Crippen MR) is 127 cm³/mol. The smallest absolute Gasteiger partial charge is 0.294 e. The molecule has 4 rings (SSSR count). The molecule has 10 nitrogen and oxygen atoms in total. The fraction of sp³-hybridized carbons (Fsp3) is 0.222. The largest absolute Gasteiger partial charge is 0.315 e. The minimum atomic E-state index is -4.32. The number of nitrogens with zero attached hydrogens (tertiary/aromatic N) is 4. The topological polar surface area (TPSA) is 143 Å². The first kappa shape index (κ1) is 26.9. The average Bonchev–Trinajstić information content (AvgIpc) is 3.26. The Balaban J connectivity index is 0.00000306. The van der Waals surface area contributed by atoms with Crippen LogP contribution >= 0.6 is 22.7 Å². The van der Waals surface area contributed by atoms with E-state index in [0.717, 1.165) is 11.0 Å². The number of benzene rings is 2. The Morgan fingerprint density at radius 1 is 0.758 bits per heavy atom. The summed E-state index contributed by atoms with van der Waals surface area (Å²) in [6, 6.07) is 8.68. The Bertz CT molecular complexity index is 1580. The maximum absolute atomic E-state index is 11.4. The molecule has 1 radical (unpaired) electrons. The van der Waals surface area contributed by atoms with Gasteiger partial charge in [0, 0.05) is 64.5 Å². The third-order valence-electron chi connectivity index (χ3n) is 4.76. The molecule has 2 N–H and O–H groups in total. The van der Waals surface area contributed by atoms with Crippen LogP contribution < -0.4 is 9.60 Å². The van der Waals surface area contributed by atoms with Crippen molar-refractivity contribution in [1.82, 2.24) is 9.13 Å². The molecule has 0 unspecified atom stereocenters. The molecular formula is C18H18KN4O6S4. The van der Waals surface area contributed by atoms with E-state index in [2.05, 4.69) is 10.2 Å².